The minimum Gasteiger partial charge on any atom is -0.253 e. The summed E-state index contributed by atoms with van der Waals surface area (Å²) in [4.78, 5) is 6.22. The number of hydrogen-bond donors (Lipinski definition) is 0. The van der Waals surface area contributed by atoms with Gasteiger partial charge >= 0.3 is 12.4 Å². The van der Waals surface area contributed by atoms with E-state index in [0.717, 1.165) is 6.92 Å². The highest BCUT2D eigenvalue weighted by molar-refractivity contribution is 7.91. The first-order chi connectivity index (χ1) is 14.2. The second-order valence-electron chi connectivity index (χ2n) is 6.33. The van der Waals surface area contributed by atoms with E-state index in [1.807, 2.05) is 0 Å². The van der Waals surface area contributed by atoms with E-state index in [1.54, 1.807) is 0 Å². The second-order valence-corrected chi connectivity index (χ2v) is 8.28. The zero-order valence-electron chi connectivity index (χ0n) is 15.3. The fourth-order valence-electron chi connectivity index (χ4n) is 2.69. The van der Waals surface area contributed by atoms with Gasteiger partial charge in [0.25, 0.3) is 5.82 Å². The number of benzene rings is 1. The molecule has 0 saturated carbocycles. The SMILES string of the molecule is Cc1cc(F)c(-n2nc(C(F)(F)F)nc2-c2ccccn2)cc1S(=O)(=O)CC(F)(F)F. The molecule has 0 aliphatic carbocycles. The number of halogens is 7. The zero-order chi connectivity index (χ0) is 23.2. The highest BCUT2D eigenvalue weighted by atomic mass is 32.2. The summed E-state index contributed by atoms with van der Waals surface area (Å²) in [5.41, 5.74) is -1.36. The third kappa shape index (κ3) is 4.84. The fourth-order valence-corrected chi connectivity index (χ4v) is 4.12. The molecule has 3 rings (SSSR count). The van der Waals surface area contributed by atoms with Crippen LogP contribution in [0.4, 0.5) is 30.7 Å². The summed E-state index contributed by atoms with van der Waals surface area (Å²) < 4.78 is 117. The van der Waals surface area contributed by atoms with Gasteiger partial charge in [-0.25, -0.2) is 22.5 Å². The molecule has 0 amide bonds. The van der Waals surface area contributed by atoms with Crippen LogP contribution in [0.5, 0.6) is 0 Å². The molecule has 6 nitrogen and oxygen atoms in total. The van der Waals surface area contributed by atoms with Crippen LogP contribution in [0.25, 0.3) is 17.2 Å². The number of rotatable bonds is 4. The lowest BCUT2D eigenvalue weighted by Crippen LogP contribution is -2.23. The van der Waals surface area contributed by atoms with Crippen LogP contribution >= 0.6 is 0 Å². The maximum absolute atomic E-state index is 14.6. The molecule has 14 heteroatoms. The molecule has 0 unspecified atom stereocenters. The third-order valence-corrected chi connectivity index (χ3v) is 5.73. The van der Waals surface area contributed by atoms with Gasteiger partial charge in [-0.15, -0.1) is 5.10 Å². The van der Waals surface area contributed by atoms with Crippen molar-refractivity contribution in [2.45, 2.75) is 24.2 Å². The van der Waals surface area contributed by atoms with Gasteiger partial charge in [0.2, 0.25) is 0 Å². The summed E-state index contributed by atoms with van der Waals surface area (Å²) in [6, 6.07) is 5.18. The topological polar surface area (TPSA) is 77.7 Å². The lowest BCUT2D eigenvalue weighted by atomic mass is 10.2. The van der Waals surface area contributed by atoms with E-state index in [9.17, 15) is 39.2 Å². The van der Waals surface area contributed by atoms with Gasteiger partial charge in [0.1, 0.15) is 17.2 Å². The number of sulfone groups is 1. The molecule has 0 bridgehead atoms. The number of nitrogens with zero attached hydrogens (tertiary/aromatic N) is 4. The van der Waals surface area contributed by atoms with Crippen molar-refractivity contribution >= 4 is 9.84 Å². The van der Waals surface area contributed by atoms with Crippen LogP contribution < -0.4 is 0 Å². The molecule has 0 fully saturated rings. The Morgan fingerprint density at radius 2 is 1.74 bits per heavy atom. The molecule has 0 N–H and O–H groups in total. The van der Waals surface area contributed by atoms with E-state index in [0.29, 0.717) is 16.8 Å². The molecule has 0 spiro atoms. The Bertz CT molecular complexity index is 1220. The molecule has 166 valence electrons. The first-order valence-corrected chi connectivity index (χ1v) is 9.90. The molecular weight excluding hydrogens is 457 g/mol. The highest BCUT2D eigenvalue weighted by Crippen LogP contribution is 2.32. The number of pyridine rings is 1. The predicted molar refractivity (Wildman–Crippen MR) is 92.4 cm³/mol. The van der Waals surface area contributed by atoms with Gasteiger partial charge in [0.15, 0.2) is 21.4 Å². The van der Waals surface area contributed by atoms with E-state index in [2.05, 4.69) is 15.1 Å². The first-order valence-electron chi connectivity index (χ1n) is 8.25. The number of alkyl halides is 6. The molecule has 0 aliphatic rings. The van der Waals surface area contributed by atoms with Crippen molar-refractivity contribution in [1.82, 2.24) is 19.7 Å². The Balaban J connectivity index is 2.27. The summed E-state index contributed by atoms with van der Waals surface area (Å²) in [5.74, 6) is -5.72. The van der Waals surface area contributed by atoms with E-state index in [1.165, 1.54) is 24.4 Å². The molecular formula is C17H11F7N4O2S. The summed E-state index contributed by atoms with van der Waals surface area (Å²) in [6.45, 7) is 1.05. The Morgan fingerprint density at radius 3 is 2.29 bits per heavy atom. The van der Waals surface area contributed by atoms with Crippen molar-refractivity contribution < 1.29 is 39.2 Å². The van der Waals surface area contributed by atoms with E-state index in [-0.39, 0.29) is 11.3 Å². The standard InChI is InChI=1S/C17H11F7N4O2S/c1-9-6-10(18)12(7-13(9)31(29,30)8-16(19,20)21)28-14(11-4-2-3-5-25-11)26-15(27-28)17(22,23)24/h2-7H,8H2,1H3. The van der Waals surface area contributed by atoms with Crippen molar-refractivity contribution in [3.63, 3.8) is 0 Å². The van der Waals surface area contributed by atoms with Gasteiger partial charge in [0.05, 0.1) is 4.90 Å². The highest BCUT2D eigenvalue weighted by Gasteiger charge is 2.39. The average molecular weight is 468 g/mol. The van der Waals surface area contributed by atoms with Gasteiger partial charge in [-0.05, 0) is 36.8 Å². The Kier molecular flexibility index (Phi) is 5.54. The minimum absolute atomic E-state index is 0.162. The monoisotopic (exact) mass is 468 g/mol. The van der Waals surface area contributed by atoms with Crippen molar-refractivity contribution in [1.29, 1.82) is 0 Å². The van der Waals surface area contributed by atoms with Gasteiger partial charge in [-0.2, -0.15) is 26.3 Å². The van der Waals surface area contributed by atoms with Crippen LogP contribution in [-0.4, -0.2) is 40.1 Å². The summed E-state index contributed by atoms with van der Waals surface area (Å²) in [7, 11) is -4.99. The van der Waals surface area contributed by atoms with E-state index < -0.39 is 56.0 Å². The molecule has 1 aromatic carbocycles. The molecule has 31 heavy (non-hydrogen) atoms. The Morgan fingerprint density at radius 1 is 1.06 bits per heavy atom. The largest absolute Gasteiger partial charge is 0.453 e. The van der Waals surface area contributed by atoms with E-state index >= 15 is 0 Å². The molecule has 2 aromatic heterocycles. The quantitative estimate of drug-likeness (QED) is 0.425. The van der Waals surface area contributed by atoms with Crippen molar-refractivity contribution in [3.05, 3.63) is 53.7 Å². The molecule has 3 aromatic rings. The fraction of sp³-hybridized carbons (Fsp3) is 0.235. The summed E-state index contributed by atoms with van der Waals surface area (Å²) in [5, 5.41) is 3.20. The maximum Gasteiger partial charge on any atom is 0.453 e. The van der Waals surface area contributed by atoms with Crippen molar-refractivity contribution in [3.8, 4) is 17.2 Å². The Labute approximate surface area is 170 Å². The lowest BCUT2D eigenvalue weighted by Gasteiger charge is -2.13. The Hall–Kier alpha value is -3.03. The zero-order valence-corrected chi connectivity index (χ0v) is 16.1. The predicted octanol–water partition coefficient (Wildman–Crippen LogP) is 4.13. The molecule has 0 atom stereocenters. The van der Waals surface area contributed by atoms with Gasteiger partial charge in [0, 0.05) is 6.20 Å². The number of aromatic nitrogens is 4. The molecule has 0 radical (unpaired) electrons. The van der Waals surface area contributed by atoms with Gasteiger partial charge < -0.3 is 0 Å². The molecule has 0 aliphatic heterocycles. The minimum atomic E-state index is -5.09. The average Bonchev–Trinajstić information content (AvgIpc) is 3.05. The maximum atomic E-state index is 14.6. The molecule has 2 heterocycles. The van der Waals surface area contributed by atoms with Crippen molar-refractivity contribution in [2.24, 2.45) is 0 Å². The second kappa shape index (κ2) is 7.59. The van der Waals surface area contributed by atoms with Gasteiger partial charge in [-0.1, -0.05) is 6.07 Å². The number of hydrogen-bond acceptors (Lipinski definition) is 5. The molecule has 0 saturated heterocycles. The van der Waals surface area contributed by atoms with Crippen LogP contribution in [0.1, 0.15) is 11.4 Å². The van der Waals surface area contributed by atoms with Gasteiger partial charge in [-0.3, -0.25) is 4.98 Å². The first kappa shape index (κ1) is 22.7. The lowest BCUT2D eigenvalue weighted by molar-refractivity contribution is -0.144. The number of aryl methyl sites for hydroxylation is 1. The van der Waals surface area contributed by atoms with E-state index in [4.69, 9.17) is 0 Å². The summed E-state index contributed by atoms with van der Waals surface area (Å²) in [6.07, 6.45) is -8.91. The summed E-state index contributed by atoms with van der Waals surface area (Å²) >= 11 is 0. The third-order valence-electron chi connectivity index (χ3n) is 3.92. The van der Waals surface area contributed by atoms with Crippen LogP contribution in [0.15, 0.2) is 41.4 Å². The van der Waals surface area contributed by atoms with Crippen LogP contribution in [0.3, 0.4) is 0 Å². The van der Waals surface area contributed by atoms with Crippen molar-refractivity contribution in [2.75, 3.05) is 5.75 Å². The normalized spacial score (nSPS) is 12.9. The van der Waals surface area contributed by atoms with Crippen LogP contribution in [0.2, 0.25) is 0 Å². The van der Waals surface area contributed by atoms with Crippen LogP contribution in [-0.2, 0) is 16.0 Å². The smallest absolute Gasteiger partial charge is 0.253 e. The van der Waals surface area contributed by atoms with Crippen LogP contribution in [0, 0.1) is 12.7 Å².